The average Bonchev–Trinajstić information content (AvgIpc) is 2.47. The number of methoxy groups -OCH3 is 1. The second-order valence-corrected chi connectivity index (χ2v) is 5.66. The van der Waals surface area contributed by atoms with Crippen LogP contribution in [0.25, 0.3) is 0 Å². The summed E-state index contributed by atoms with van der Waals surface area (Å²) in [6.45, 7) is 6.42. The lowest BCUT2D eigenvalue weighted by Gasteiger charge is -2.48. The number of likely N-dealkylation sites (tertiary alicyclic amines) is 1. The minimum Gasteiger partial charge on any atom is -0.468 e. The molecule has 0 aromatic heterocycles. The monoisotopic (exact) mass is 295 g/mol. The van der Waals surface area contributed by atoms with E-state index in [9.17, 15) is 9.90 Å². The third-order valence-corrected chi connectivity index (χ3v) is 4.46. The number of terminal acetylenes is 1. The smallest absolute Gasteiger partial charge is 0.325 e. The lowest BCUT2D eigenvalue weighted by molar-refractivity contribution is -0.149. The van der Waals surface area contributed by atoms with Gasteiger partial charge in [-0.1, -0.05) is 0 Å². The van der Waals surface area contributed by atoms with E-state index in [0.29, 0.717) is 6.04 Å². The van der Waals surface area contributed by atoms with Crippen molar-refractivity contribution < 1.29 is 14.6 Å². The van der Waals surface area contributed by atoms with Gasteiger partial charge in [-0.05, 0) is 0 Å². The third-order valence-electron chi connectivity index (χ3n) is 4.46. The first-order valence-corrected chi connectivity index (χ1v) is 7.52. The molecule has 0 spiro atoms. The molecular formula is C15H25N3O3. The molecule has 0 radical (unpaired) electrons. The van der Waals surface area contributed by atoms with E-state index < -0.39 is 6.04 Å². The minimum atomic E-state index is -0.523. The summed E-state index contributed by atoms with van der Waals surface area (Å²) < 4.78 is 4.74. The van der Waals surface area contributed by atoms with Crippen LogP contribution in [0, 0.1) is 12.3 Å². The van der Waals surface area contributed by atoms with Crippen LogP contribution < -0.4 is 0 Å². The molecule has 2 aliphatic heterocycles. The Hall–Kier alpha value is -1.13. The standard InChI is InChI=1S/C15H25N3O3/c1-3-4-5-16-10-13(11-16)17-6-8-18(9-7-17)14(12-19)15(20)21-2/h1,13-14,19H,4-12H2,2H3/t14-/m1/s1. The van der Waals surface area contributed by atoms with Gasteiger partial charge in [-0.15, -0.1) is 12.3 Å². The zero-order valence-electron chi connectivity index (χ0n) is 12.7. The lowest BCUT2D eigenvalue weighted by atomic mass is 10.1. The van der Waals surface area contributed by atoms with Gasteiger partial charge >= 0.3 is 5.97 Å². The number of ether oxygens (including phenoxy) is 1. The number of aliphatic hydroxyl groups is 1. The van der Waals surface area contributed by atoms with Crippen molar-refractivity contribution in [2.45, 2.75) is 18.5 Å². The molecule has 21 heavy (non-hydrogen) atoms. The Morgan fingerprint density at radius 3 is 2.57 bits per heavy atom. The number of carbonyl (C=O) groups is 1. The van der Waals surface area contributed by atoms with Crippen molar-refractivity contribution >= 4 is 5.97 Å². The summed E-state index contributed by atoms with van der Waals surface area (Å²) in [6.07, 6.45) is 6.09. The molecule has 1 N–H and O–H groups in total. The molecule has 0 saturated carbocycles. The number of esters is 1. The fourth-order valence-electron chi connectivity index (χ4n) is 3.07. The van der Waals surface area contributed by atoms with E-state index in [2.05, 4.69) is 15.7 Å². The summed E-state index contributed by atoms with van der Waals surface area (Å²) in [5.41, 5.74) is 0. The second-order valence-electron chi connectivity index (χ2n) is 5.66. The topological polar surface area (TPSA) is 56.2 Å². The van der Waals surface area contributed by atoms with Gasteiger partial charge in [0.15, 0.2) is 0 Å². The normalized spacial score (nSPS) is 23.3. The Labute approximate surface area is 126 Å². The van der Waals surface area contributed by atoms with Crippen molar-refractivity contribution in [3.8, 4) is 12.3 Å². The molecule has 2 fully saturated rings. The van der Waals surface area contributed by atoms with Crippen LogP contribution in [0.1, 0.15) is 6.42 Å². The molecule has 2 saturated heterocycles. The Kier molecular flexibility index (Phi) is 6.00. The third kappa shape index (κ3) is 3.95. The molecule has 6 nitrogen and oxygen atoms in total. The molecular weight excluding hydrogens is 270 g/mol. The van der Waals surface area contributed by atoms with Gasteiger partial charge < -0.3 is 9.84 Å². The van der Waals surface area contributed by atoms with E-state index >= 15 is 0 Å². The molecule has 0 bridgehead atoms. The maximum atomic E-state index is 11.6. The predicted molar refractivity (Wildman–Crippen MR) is 79.7 cm³/mol. The molecule has 2 heterocycles. The van der Waals surface area contributed by atoms with E-state index in [0.717, 1.165) is 52.2 Å². The molecule has 1 atom stereocenters. The number of hydrogen-bond donors (Lipinski definition) is 1. The molecule has 2 rings (SSSR count). The Morgan fingerprint density at radius 1 is 1.38 bits per heavy atom. The van der Waals surface area contributed by atoms with Crippen LogP contribution >= 0.6 is 0 Å². The fourth-order valence-corrected chi connectivity index (χ4v) is 3.07. The van der Waals surface area contributed by atoms with Gasteiger partial charge in [-0.2, -0.15) is 0 Å². The highest BCUT2D eigenvalue weighted by atomic mass is 16.5. The summed E-state index contributed by atoms with van der Waals surface area (Å²) in [5.74, 6) is 2.32. The van der Waals surface area contributed by atoms with Crippen molar-refractivity contribution in [2.24, 2.45) is 0 Å². The van der Waals surface area contributed by atoms with Gasteiger partial charge in [-0.25, -0.2) is 0 Å². The first-order chi connectivity index (χ1) is 10.2. The van der Waals surface area contributed by atoms with Gasteiger partial charge in [0.1, 0.15) is 6.04 Å². The number of rotatable bonds is 6. The summed E-state index contributed by atoms with van der Waals surface area (Å²) in [7, 11) is 1.36. The number of carbonyl (C=O) groups excluding carboxylic acids is 1. The number of aliphatic hydroxyl groups excluding tert-OH is 1. The summed E-state index contributed by atoms with van der Waals surface area (Å²) >= 11 is 0. The van der Waals surface area contributed by atoms with Crippen LogP contribution in [-0.2, 0) is 9.53 Å². The van der Waals surface area contributed by atoms with Crippen LogP contribution in [0.2, 0.25) is 0 Å². The summed E-state index contributed by atoms with van der Waals surface area (Å²) in [5, 5.41) is 9.35. The number of piperazine rings is 1. The maximum absolute atomic E-state index is 11.6. The maximum Gasteiger partial charge on any atom is 0.325 e. The fraction of sp³-hybridized carbons (Fsp3) is 0.800. The SMILES string of the molecule is C#CCCN1CC(N2CCN([C@H](CO)C(=O)OC)CC2)C1. The van der Waals surface area contributed by atoms with Crippen LogP contribution in [-0.4, -0.2) is 97.4 Å². The molecule has 118 valence electrons. The van der Waals surface area contributed by atoms with Crippen LogP contribution in [0.4, 0.5) is 0 Å². The summed E-state index contributed by atoms with van der Waals surface area (Å²) in [4.78, 5) is 18.5. The highest BCUT2D eigenvalue weighted by Gasteiger charge is 2.35. The largest absolute Gasteiger partial charge is 0.468 e. The quantitative estimate of drug-likeness (QED) is 0.493. The van der Waals surface area contributed by atoms with E-state index in [1.165, 1.54) is 7.11 Å². The zero-order valence-corrected chi connectivity index (χ0v) is 12.7. The lowest BCUT2D eigenvalue weighted by Crippen LogP contribution is -2.64. The highest BCUT2D eigenvalue weighted by Crippen LogP contribution is 2.18. The van der Waals surface area contributed by atoms with Crippen molar-refractivity contribution in [1.82, 2.24) is 14.7 Å². The van der Waals surface area contributed by atoms with E-state index in [1.807, 2.05) is 4.90 Å². The van der Waals surface area contributed by atoms with Gasteiger partial charge in [-0.3, -0.25) is 19.5 Å². The molecule has 0 amide bonds. The van der Waals surface area contributed by atoms with Gasteiger partial charge in [0.05, 0.1) is 13.7 Å². The van der Waals surface area contributed by atoms with E-state index in [1.54, 1.807) is 0 Å². The molecule has 2 aliphatic rings. The van der Waals surface area contributed by atoms with E-state index in [-0.39, 0.29) is 12.6 Å². The minimum absolute atomic E-state index is 0.185. The molecule has 0 unspecified atom stereocenters. The highest BCUT2D eigenvalue weighted by molar-refractivity contribution is 5.75. The van der Waals surface area contributed by atoms with Gasteiger partial charge in [0.25, 0.3) is 0 Å². The average molecular weight is 295 g/mol. The Morgan fingerprint density at radius 2 is 2.05 bits per heavy atom. The Balaban J connectivity index is 1.72. The van der Waals surface area contributed by atoms with Crippen molar-refractivity contribution in [3.05, 3.63) is 0 Å². The second kappa shape index (κ2) is 7.76. The predicted octanol–water partition coefficient (Wildman–Crippen LogP) is -1.15. The summed E-state index contributed by atoms with van der Waals surface area (Å²) in [6, 6.07) is 0.0845. The number of nitrogens with zero attached hydrogens (tertiary/aromatic N) is 3. The number of hydrogen-bond acceptors (Lipinski definition) is 6. The van der Waals surface area contributed by atoms with Crippen molar-refractivity contribution in [3.63, 3.8) is 0 Å². The van der Waals surface area contributed by atoms with Gasteiger partial charge in [0.2, 0.25) is 0 Å². The van der Waals surface area contributed by atoms with Crippen LogP contribution in [0.5, 0.6) is 0 Å². The van der Waals surface area contributed by atoms with Crippen molar-refractivity contribution in [1.29, 1.82) is 0 Å². The molecule has 0 aromatic carbocycles. The zero-order chi connectivity index (χ0) is 15.2. The molecule has 0 aliphatic carbocycles. The molecule has 6 heteroatoms. The first kappa shape index (κ1) is 16.2. The van der Waals surface area contributed by atoms with Crippen LogP contribution in [0.15, 0.2) is 0 Å². The first-order valence-electron chi connectivity index (χ1n) is 7.52. The Bertz CT molecular complexity index is 382. The van der Waals surface area contributed by atoms with Crippen LogP contribution in [0.3, 0.4) is 0 Å². The van der Waals surface area contributed by atoms with Crippen molar-refractivity contribution in [2.75, 3.05) is 59.5 Å². The van der Waals surface area contributed by atoms with E-state index in [4.69, 9.17) is 11.2 Å². The van der Waals surface area contributed by atoms with Gasteiger partial charge in [0, 0.05) is 58.3 Å². The molecule has 0 aromatic rings.